The van der Waals surface area contributed by atoms with Crippen molar-refractivity contribution >= 4 is 21.5 Å². The smallest absolute Gasteiger partial charge is 0.132 e. The summed E-state index contributed by atoms with van der Waals surface area (Å²) < 4.78 is 6.63. The van der Waals surface area contributed by atoms with Crippen LogP contribution in [0.4, 0.5) is 0 Å². The van der Waals surface area contributed by atoms with E-state index in [1.165, 1.54) is 71.6 Å². The first kappa shape index (κ1) is 24.5. The van der Waals surface area contributed by atoms with Crippen molar-refractivity contribution in [3.63, 3.8) is 0 Å². The Morgan fingerprint density at radius 1 is 0.488 bits per heavy atom. The van der Waals surface area contributed by atoms with Crippen LogP contribution in [0.15, 0.2) is 140 Å². The van der Waals surface area contributed by atoms with Crippen LogP contribution >= 0.6 is 0 Å². The van der Waals surface area contributed by atoms with Gasteiger partial charge in [-0.05, 0) is 78.7 Å². The van der Waals surface area contributed by atoms with E-state index in [9.17, 15) is 0 Å². The van der Waals surface area contributed by atoms with Crippen LogP contribution in [0, 0.1) is 0 Å². The minimum absolute atomic E-state index is 0.0144. The van der Waals surface area contributed by atoms with E-state index in [4.69, 9.17) is 4.74 Å². The van der Waals surface area contributed by atoms with Gasteiger partial charge in [0.15, 0.2) is 0 Å². The molecule has 7 aromatic carbocycles. The van der Waals surface area contributed by atoms with Gasteiger partial charge < -0.3 is 4.74 Å². The van der Waals surface area contributed by atoms with E-state index in [-0.39, 0.29) is 11.3 Å². The van der Waals surface area contributed by atoms with Crippen LogP contribution in [0.3, 0.4) is 0 Å². The molecule has 2 aliphatic rings. The molecular weight excluding hydrogens is 520 g/mol. The SMILES string of the molecule is CC1(C)c2ccccc2-c2ccc(-c3ccc(C4c5c(ccc6ccccc56)Oc5ccc6ccccc6c54)cc3)cc21. The van der Waals surface area contributed by atoms with Gasteiger partial charge in [-0.15, -0.1) is 0 Å². The molecule has 0 unspecified atom stereocenters. The molecule has 0 N–H and O–H groups in total. The van der Waals surface area contributed by atoms with Gasteiger partial charge >= 0.3 is 0 Å². The first-order valence-corrected chi connectivity index (χ1v) is 15.1. The van der Waals surface area contributed by atoms with Gasteiger partial charge in [-0.2, -0.15) is 0 Å². The average Bonchev–Trinajstić information content (AvgIpc) is 3.29. The number of fused-ring (bicyclic) bond motifs is 9. The monoisotopic (exact) mass is 550 g/mol. The maximum atomic E-state index is 6.63. The van der Waals surface area contributed by atoms with Gasteiger partial charge in [-0.3, -0.25) is 0 Å². The summed E-state index contributed by atoms with van der Waals surface area (Å²) in [5.41, 5.74) is 11.8. The van der Waals surface area contributed by atoms with E-state index in [1.54, 1.807) is 0 Å². The van der Waals surface area contributed by atoms with Crippen LogP contribution in [0.2, 0.25) is 0 Å². The fourth-order valence-corrected chi connectivity index (χ4v) is 7.67. The van der Waals surface area contributed by atoms with E-state index in [2.05, 4.69) is 153 Å². The summed E-state index contributed by atoms with van der Waals surface area (Å²) in [6.45, 7) is 4.69. The number of rotatable bonds is 2. The van der Waals surface area contributed by atoms with Crippen molar-refractivity contribution in [3.05, 3.63) is 167 Å². The summed E-state index contributed by atoms with van der Waals surface area (Å²) in [7, 11) is 0. The van der Waals surface area contributed by atoms with Crippen LogP contribution in [-0.4, -0.2) is 0 Å². The Morgan fingerprint density at radius 3 is 1.72 bits per heavy atom. The highest BCUT2D eigenvalue weighted by Crippen LogP contribution is 2.53. The van der Waals surface area contributed by atoms with Gasteiger partial charge in [-0.25, -0.2) is 0 Å². The molecule has 0 aromatic heterocycles. The predicted molar refractivity (Wildman–Crippen MR) is 178 cm³/mol. The van der Waals surface area contributed by atoms with Crippen LogP contribution in [0.25, 0.3) is 43.8 Å². The molecule has 1 heterocycles. The van der Waals surface area contributed by atoms with Crippen molar-refractivity contribution in [2.45, 2.75) is 25.2 Å². The first-order chi connectivity index (χ1) is 21.1. The van der Waals surface area contributed by atoms with Gasteiger partial charge in [0.05, 0.1) is 0 Å². The fourth-order valence-electron chi connectivity index (χ4n) is 7.67. The van der Waals surface area contributed by atoms with Gasteiger partial charge in [0.2, 0.25) is 0 Å². The second-order valence-electron chi connectivity index (χ2n) is 12.5. The van der Waals surface area contributed by atoms with Crippen molar-refractivity contribution < 1.29 is 4.74 Å². The molecule has 0 radical (unpaired) electrons. The molecule has 0 fully saturated rings. The molecule has 7 aromatic rings. The Bertz CT molecular complexity index is 2150. The zero-order chi connectivity index (χ0) is 28.7. The van der Waals surface area contributed by atoms with E-state index in [0.717, 1.165) is 11.5 Å². The first-order valence-electron chi connectivity index (χ1n) is 15.1. The lowest BCUT2D eigenvalue weighted by Crippen LogP contribution is -2.14. The molecule has 0 atom stereocenters. The average molecular weight is 551 g/mol. The number of hydrogen-bond acceptors (Lipinski definition) is 1. The zero-order valence-electron chi connectivity index (χ0n) is 24.3. The Balaban J connectivity index is 1.21. The molecule has 0 saturated heterocycles. The second kappa shape index (κ2) is 8.93. The van der Waals surface area contributed by atoms with E-state index >= 15 is 0 Å². The van der Waals surface area contributed by atoms with Crippen molar-refractivity contribution in [2.75, 3.05) is 0 Å². The topological polar surface area (TPSA) is 9.23 Å². The van der Waals surface area contributed by atoms with Crippen molar-refractivity contribution in [3.8, 4) is 33.8 Å². The molecule has 1 aliphatic carbocycles. The molecular formula is C42H30O. The van der Waals surface area contributed by atoms with Gasteiger partial charge in [0.25, 0.3) is 0 Å². The van der Waals surface area contributed by atoms with Gasteiger partial charge in [0.1, 0.15) is 11.5 Å². The molecule has 0 spiro atoms. The van der Waals surface area contributed by atoms with E-state index in [1.807, 2.05) is 0 Å². The van der Waals surface area contributed by atoms with E-state index < -0.39 is 0 Å². The highest BCUT2D eigenvalue weighted by Gasteiger charge is 2.35. The summed E-state index contributed by atoms with van der Waals surface area (Å²) in [5, 5.41) is 4.95. The molecule has 1 aliphatic heterocycles. The Hall–Kier alpha value is -5.14. The molecule has 1 nitrogen and oxygen atoms in total. The lowest BCUT2D eigenvalue weighted by Gasteiger charge is -2.31. The van der Waals surface area contributed by atoms with Crippen molar-refractivity contribution in [1.29, 1.82) is 0 Å². The molecule has 0 amide bonds. The summed E-state index contributed by atoms with van der Waals surface area (Å²) >= 11 is 0. The van der Waals surface area contributed by atoms with Crippen molar-refractivity contribution in [2.24, 2.45) is 0 Å². The Morgan fingerprint density at radius 2 is 1.05 bits per heavy atom. The summed E-state index contributed by atoms with van der Waals surface area (Å²) in [4.78, 5) is 0. The summed E-state index contributed by atoms with van der Waals surface area (Å²) in [5.74, 6) is 1.94. The van der Waals surface area contributed by atoms with Crippen LogP contribution in [0.5, 0.6) is 11.5 Å². The predicted octanol–water partition coefficient (Wildman–Crippen LogP) is 11.3. The Labute approximate surface area is 252 Å². The highest BCUT2D eigenvalue weighted by molar-refractivity contribution is 5.95. The quantitative estimate of drug-likeness (QED) is 0.208. The standard InChI is InChI=1S/C42H30O/c1-42(2)35-14-8-7-13-33(35)34-22-19-30(25-36(34)42)26-15-17-29(18-16-26)39-40-31-11-5-3-9-27(31)20-23-37(40)43-38-24-21-28-10-4-6-12-32(28)41(38)39/h3-25,39H,1-2H3. The molecule has 9 rings (SSSR count). The summed E-state index contributed by atoms with van der Waals surface area (Å²) in [6.07, 6.45) is 0. The van der Waals surface area contributed by atoms with Crippen LogP contribution in [0.1, 0.15) is 47.6 Å². The summed E-state index contributed by atoms with van der Waals surface area (Å²) in [6, 6.07) is 51.1. The van der Waals surface area contributed by atoms with E-state index in [0.29, 0.717) is 0 Å². The third-order valence-electron chi connectivity index (χ3n) is 9.82. The molecule has 43 heavy (non-hydrogen) atoms. The van der Waals surface area contributed by atoms with Gasteiger partial charge in [0, 0.05) is 22.5 Å². The van der Waals surface area contributed by atoms with Gasteiger partial charge in [-0.1, -0.05) is 135 Å². The minimum Gasteiger partial charge on any atom is -0.457 e. The zero-order valence-corrected chi connectivity index (χ0v) is 24.3. The third kappa shape index (κ3) is 3.52. The number of ether oxygens (including phenoxy) is 1. The normalized spacial score (nSPS) is 14.6. The van der Waals surface area contributed by atoms with Crippen LogP contribution < -0.4 is 4.74 Å². The highest BCUT2D eigenvalue weighted by atomic mass is 16.5. The lowest BCUT2D eigenvalue weighted by molar-refractivity contribution is 0.456. The van der Waals surface area contributed by atoms with Crippen LogP contribution in [-0.2, 0) is 5.41 Å². The maximum Gasteiger partial charge on any atom is 0.132 e. The molecule has 0 bridgehead atoms. The third-order valence-corrected chi connectivity index (χ3v) is 9.82. The molecule has 1 heteroatoms. The molecule has 204 valence electrons. The number of hydrogen-bond donors (Lipinski definition) is 0. The minimum atomic E-state index is -0.0144. The van der Waals surface area contributed by atoms with Crippen molar-refractivity contribution in [1.82, 2.24) is 0 Å². The fraction of sp³-hybridized carbons (Fsp3) is 0.0952. The number of benzene rings is 7. The second-order valence-corrected chi connectivity index (χ2v) is 12.5. The maximum absolute atomic E-state index is 6.63. The lowest BCUT2D eigenvalue weighted by atomic mass is 9.78. The largest absolute Gasteiger partial charge is 0.457 e. The Kier molecular flexibility index (Phi) is 5.08. The molecule has 0 saturated carbocycles.